The molecule has 0 saturated heterocycles. The maximum atomic E-state index is 7.63. The Balaban J connectivity index is 0.000000901. The molecule has 0 saturated carbocycles. The van der Waals surface area contributed by atoms with E-state index in [4.69, 9.17) is 6.78 Å². The molecule has 1 aliphatic rings. The average Bonchev–Trinajstić information content (AvgIpc) is 2.86. The summed E-state index contributed by atoms with van der Waals surface area (Å²) in [6, 6.07) is 11.3. The van der Waals surface area contributed by atoms with Crippen LogP contribution in [0.5, 0.6) is 0 Å². The van der Waals surface area contributed by atoms with E-state index in [0.717, 1.165) is 11.3 Å². The molecule has 0 radical (unpaired) electrons. The predicted molar refractivity (Wildman–Crippen MR) is 91.0 cm³/mol. The minimum absolute atomic E-state index is 0. The van der Waals surface area contributed by atoms with Gasteiger partial charge in [0.25, 0.3) is 0 Å². The minimum atomic E-state index is 0. The number of rotatable bonds is 1. The number of pyridine rings is 1. The van der Waals surface area contributed by atoms with E-state index >= 15 is 0 Å². The summed E-state index contributed by atoms with van der Waals surface area (Å²) in [6.07, 6.45) is 6.03. The van der Waals surface area contributed by atoms with Crippen molar-refractivity contribution in [2.24, 2.45) is 0 Å². The molecule has 1 aliphatic carbocycles. The maximum absolute atomic E-state index is 7.63. The number of benzene rings is 1. The fourth-order valence-electron chi connectivity index (χ4n) is 2.21. The van der Waals surface area contributed by atoms with Crippen molar-refractivity contribution in [3.8, 4) is 11.3 Å². The van der Waals surface area contributed by atoms with Crippen molar-refractivity contribution in [2.45, 2.75) is 19.3 Å². The van der Waals surface area contributed by atoms with Gasteiger partial charge in [0.2, 0.25) is 0 Å². The molecule has 1 aromatic heterocycles. The number of allylic oxidation sites excluding steroid dienone is 1. The Morgan fingerprint density at radius 3 is 2.68 bits per heavy atom. The first-order valence-electron chi connectivity index (χ1n) is 6.97. The van der Waals surface area contributed by atoms with Crippen LogP contribution in [0.2, 0.25) is 0 Å². The van der Waals surface area contributed by atoms with E-state index in [1.54, 1.807) is 18.3 Å². The topological polar surface area (TPSA) is 35.2 Å². The molecular weight excluding hydrogens is 448 g/mol. The zero-order chi connectivity index (χ0) is 16.8. The van der Waals surface area contributed by atoms with Gasteiger partial charge in [-0.25, -0.2) is 6.72 Å². The summed E-state index contributed by atoms with van der Waals surface area (Å²) in [5.41, 5.74) is 4.38. The fourth-order valence-corrected chi connectivity index (χ4v) is 2.21. The molecule has 114 valence electrons. The van der Waals surface area contributed by atoms with Crippen LogP contribution in [0.15, 0.2) is 49.2 Å². The van der Waals surface area contributed by atoms with Gasteiger partial charge in [0.15, 0.2) is 0 Å². The smallest absolute Gasteiger partial charge is 0.817 e. The van der Waals surface area contributed by atoms with Crippen LogP contribution in [0, 0.1) is 12.6 Å². The molecule has 0 unspecified atom stereocenters. The van der Waals surface area contributed by atoms with E-state index in [0.29, 0.717) is 6.04 Å². The second kappa shape index (κ2) is 9.24. The Labute approximate surface area is 148 Å². The quantitative estimate of drug-likeness (QED) is 0.441. The van der Waals surface area contributed by atoms with Crippen molar-refractivity contribution < 1.29 is 21.5 Å². The molecule has 0 spiro atoms. The SMILES string of the molecule is C=[N-].[2H]c1ccnc(-c2[c-]cc3c(c2)C=CC3(C)C)c1.[CH-]=C.[Ir+3]. The van der Waals surface area contributed by atoms with Crippen molar-refractivity contribution in [1.82, 2.24) is 4.98 Å². The Hall–Kier alpha value is -1.83. The van der Waals surface area contributed by atoms with Gasteiger partial charge < -0.3 is 17.0 Å². The average molecular weight is 469 g/mol. The minimum Gasteiger partial charge on any atom is -0.817 e. The van der Waals surface area contributed by atoms with Gasteiger partial charge in [-0.2, -0.15) is 0 Å². The Kier molecular flexibility index (Phi) is 7.65. The van der Waals surface area contributed by atoms with E-state index in [1.807, 2.05) is 6.07 Å². The normalized spacial score (nSPS) is 13.3. The van der Waals surface area contributed by atoms with Crippen molar-refractivity contribution >= 4 is 12.8 Å². The van der Waals surface area contributed by atoms with Crippen LogP contribution in [0.4, 0.5) is 0 Å². The van der Waals surface area contributed by atoms with E-state index in [1.165, 1.54) is 11.1 Å². The fraction of sp³-hybridized carbons (Fsp3) is 0.158. The molecule has 0 atom stereocenters. The van der Waals surface area contributed by atoms with Crippen molar-refractivity contribution in [2.75, 3.05) is 0 Å². The third-order valence-corrected chi connectivity index (χ3v) is 3.24. The number of aromatic nitrogens is 1. The molecule has 0 amide bonds. The third kappa shape index (κ3) is 4.33. The summed E-state index contributed by atoms with van der Waals surface area (Å²) in [5.74, 6) is 0. The first-order valence-corrected chi connectivity index (χ1v) is 6.47. The summed E-state index contributed by atoms with van der Waals surface area (Å²) in [4.78, 5) is 4.30. The molecule has 0 N–H and O–H groups in total. The number of fused-ring (bicyclic) bond motifs is 1. The van der Waals surface area contributed by atoms with Gasteiger partial charge in [0, 0.05) is 6.20 Å². The van der Waals surface area contributed by atoms with Crippen LogP contribution in [0.1, 0.15) is 26.3 Å². The Morgan fingerprint density at radius 1 is 1.36 bits per heavy atom. The Morgan fingerprint density at radius 2 is 2.05 bits per heavy atom. The van der Waals surface area contributed by atoms with Crippen LogP contribution in [0.3, 0.4) is 0 Å². The van der Waals surface area contributed by atoms with Crippen LogP contribution in [0.25, 0.3) is 22.7 Å². The van der Waals surface area contributed by atoms with Crippen LogP contribution < -0.4 is 0 Å². The van der Waals surface area contributed by atoms with Gasteiger partial charge in [0.1, 0.15) is 0 Å². The van der Waals surface area contributed by atoms with E-state index in [9.17, 15) is 0 Å². The molecular formula is C19H19IrN2. The second-order valence-electron chi connectivity index (χ2n) is 4.91. The van der Waals surface area contributed by atoms with Gasteiger partial charge in [0.05, 0.1) is 1.37 Å². The zero-order valence-corrected chi connectivity index (χ0v) is 15.2. The molecule has 1 aromatic carbocycles. The van der Waals surface area contributed by atoms with Gasteiger partial charge in [-0.05, 0) is 17.2 Å². The van der Waals surface area contributed by atoms with Crippen molar-refractivity contribution in [1.29, 1.82) is 0 Å². The molecule has 0 bridgehead atoms. The molecule has 2 nitrogen and oxygen atoms in total. The number of nitrogens with zero attached hydrogens (tertiary/aromatic N) is 2. The van der Waals surface area contributed by atoms with Crippen LogP contribution >= 0.6 is 0 Å². The molecule has 1 heterocycles. The Bertz CT molecular complexity index is 679. The van der Waals surface area contributed by atoms with Crippen molar-refractivity contribution in [3.63, 3.8) is 0 Å². The molecule has 22 heavy (non-hydrogen) atoms. The van der Waals surface area contributed by atoms with Gasteiger partial charge in [-0.1, -0.05) is 38.1 Å². The van der Waals surface area contributed by atoms with Crippen molar-refractivity contribution in [3.05, 3.63) is 78.3 Å². The monoisotopic (exact) mass is 469 g/mol. The first kappa shape index (κ1) is 18.2. The van der Waals surface area contributed by atoms with Gasteiger partial charge >= 0.3 is 20.1 Å². The second-order valence-corrected chi connectivity index (χ2v) is 4.91. The number of hydrogen-bond donors (Lipinski definition) is 0. The maximum Gasteiger partial charge on any atom is 3.00 e. The predicted octanol–water partition coefficient (Wildman–Crippen LogP) is 4.71. The van der Waals surface area contributed by atoms with E-state index < -0.39 is 0 Å². The molecule has 2 aromatic rings. The largest absolute Gasteiger partial charge is 3.00 e. The first-order chi connectivity index (χ1) is 10.6. The van der Waals surface area contributed by atoms with Crippen LogP contribution in [-0.2, 0) is 25.5 Å². The summed E-state index contributed by atoms with van der Waals surface area (Å²) in [5, 5.41) is 6.75. The summed E-state index contributed by atoms with van der Waals surface area (Å²) >= 11 is 0. The molecule has 0 aliphatic heterocycles. The van der Waals surface area contributed by atoms with Gasteiger partial charge in [-0.15, -0.1) is 34.9 Å². The zero-order valence-electron chi connectivity index (χ0n) is 13.8. The standard InChI is InChI=1S/C16H14N.C2H3.CH2N.Ir/c1-16(2)9-8-12-11-13(6-7-14(12)16)15-5-3-4-10-17-15;2*1-2;/h3-5,7-11H,1-2H3;1H,2H2;1H2;/q3*-1;+3/i3D;;;. The third-order valence-electron chi connectivity index (χ3n) is 3.24. The molecule has 3 heteroatoms. The summed E-state index contributed by atoms with van der Waals surface area (Å²) in [7, 11) is 0. The van der Waals surface area contributed by atoms with Crippen LogP contribution in [-0.4, -0.2) is 11.7 Å². The summed E-state index contributed by atoms with van der Waals surface area (Å²) in [6.45, 7) is 13.6. The van der Waals surface area contributed by atoms with E-state index in [2.05, 4.69) is 63.0 Å². The summed E-state index contributed by atoms with van der Waals surface area (Å²) < 4.78 is 7.63. The van der Waals surface area contributed by atoms with E-state index in [-0.39, 0.29) is 25.5 Å². The molecule has 3 rings (SSSR count). The number of hydrogen-bond acceptors (Lipinski definition) is 1. The molecule has 0 fully saturated rings. The van der Waals surface area contributed by atoms with Gasteiger partial charge in [-0.3, -0.25) is 6.58 Å².